The highest BCUT2D eigenvalue weighted by atomic mass is 32.2. The maximum absolute atomic E-state index is 6.07. The van der Waals surface area contributed by atoms with E-state index in [9.17, 15) is 0 Å². The lowest BCUT2D eigenvalue weighted by atomic mass is 10.0. The van der Waals surface area contributed by atoms with Gasteiger partial charge in [0.2, 0.25) is 0 Å². The normalized spacial score (nSPS) is 12.7. The predicted molar refractivity (Wildman–Crippen MR) is 70.5 cm³/mol. The minimum atomic E-state index is 0.312. The zero-order valence-electron chi connectivity index (χ0n) is 9.70. The fourth-order valence-corrected chi connectivity index (χ4v) is 2.27. The Labute approximate surface area is 97.4 Å². The molecule has 1 aromatic carbocycles. The van der Waals surface area contributed by atoms with Gasteiger partial charge in [0.15, 0.2) is 0 Å². The molecule has 0 spiro atoms. The second kappa shape index (κ2) is 6.91. The Morgan fingerprint density at radius 1 is 1.27 bits per heavy atom. The van der Waals surface area contributed by atoms with Crippen LogP contribution in [0.4, 0.5) is 0 Å². The van der Waals surface area contributed by atoms with Gasteiger partial charge < -0.3 is 5.73 Å². The van der Waals surface area contributed by atoms with Gasteiger partial charge in [-0.1, -0.05) is 36.8 Å². The van der Waals surface area contributed by atoms with Crippen LogP contribution in [0, 0.1) is 6.92 Å². The molecule has 2 N–H and O–H groups in total. The van der Waals surface area contributed by atoms with Crippen molar-refractivity contribution in [3.63, 3.8) is 0 Å². The van der Waals surface area contributed by atoms with Crippen LogP contribution in [0.15, 0.2) is 24.3 Å². The van der Waals surface area contributed by atoms with Gasteiger partial charge in [-0.25, -0.2) is 0 Å². The van der Waals surface area contributed by atoms with Crippen molar-refractivity contribution in [3.05, 3.63) is 35.4 Å². The SMILES string of the molecule is CCSCCC(N)Cc1ccc(C)cc1. The summed E-state index contributed by atoms with van der Waals surface area (Å²) in [6.07, 6.45) is 2.12. The molecule has 0 aromatic heterocycles. The molecule has 1 aromatic rings. The van der Waals surface area contributed by atoms with E-state index in [1.165, 1.54) is 22.6 Å². The Balaban J connectivity index is 2.31. The number of hydrogen-bond donors (Lipinski definition) is 1. The van der Waals surface area contributed by atoms with Crippen molar-refractivity contribution in [1.82, 2.24) is 0 Å². The first-order chi connectivity index (χ1) is 7.22. The molecule has 0 bridgehead atoms. The maximum Gasteiger partial charge on any atom is 0.00871 e. The second-order valence-corrected chi connectivity index (χ2v) is 5.33. The van der Waals surface area contributed by atoms with Crippen molar-refractivity contribution in [2.45, 2.75) is 32.7 Å². The van der Waals surface area contributed by atoms with E-state index >= 15 is 0 Å². The topological polar surface area (TPSA) is 26.0 Å². The first-order valence-electron chi connectivity index (χ1n) is 5.61. The molecule has 2 heteroatoms. The summed E-state index contributed by atoms with van der Waals surface area (Å²) in [5.41, 5.74) is 8.74. The third kappa shape index (κ3) is 5.24. The number of hydrogen-bond acceptors (Lipinski definition) is 2. The fraction of sp³-hybridized carbons (Fsp3) is 0.538. The van der Waals surface area contributed by atoms with Crippen molar-refractivity contribution < 1.29 is 0 Å². The molecule has 1 nitrogen and oxygen atoms in total. The summed E-state index contributed by atoms with van der Waals surface area (Å²) < 4.78 is 0. The smallest absolute Gasteiger partial charge is 0.00871 e. The van der Waals surface area contributed by atoms with Crippen molar-refractivity contribution in [1.29, 1.82) is 0 Å². The van der Waals surface area contributed by atoms with E-state index in [1.54, 1.807) is 0 Å². The second-order valence-electron chi connectivity index (χ2n) is 3.94. The van der Waals surface area contributed by atoms with Crippen LogP contribution in [0.3, 0.4) is 0 Å². The monoisotopic (exact) mass is 223 g/mol. The number of nitrogens with two attached hydrogens (primary N) is 1. The Kier molecular flexibility index (Phi) is 5.81. The van der Waals surface area contributed by atoms with Crippen molar-refractivity contribution in [2.24, 2.45) is 5.73 Å². The van der Waals surface area contributed by atoms with E-state index in [2.05, 4.69) is 38.1 Å². The van der Waals surface area contributed by atoms with E-state index in [4.69, 9.17) is 5.73 Å². The lowest BCUT2D eigenvalue weighted by molar-refractivity contribution is 0.651. The number of thioether (sulfide) groups is 1. The predicted octanol–water partition coefficient (Wildman–Crippen LogP) is 3.01. The molecule has 1 rings (SSSR count). The molecule has 0 fully saturated rings. The Morgan fingerprint density at radius 3 is 2.53 bits per heavy atom. The molecule has 1 unspecified atom stereocenters. The van der Waals surface area contributed by atoms with E-state index in [-0.39, 0.29) is 0 Å². The summed E-state index contributed by atoms with van der Waals surface area (Å²) in [6.45, 7) is 4.30. The molecular formula is C13H21NS. The average molecular weight is 223 g/mol. The first-order valence-corrected chi connectivity index (χ1v) is 6.76. The zero-order valence-corrected chi connectivity index (χ0v) is 10.5. The molecule has 0 saturated carbocycles. The lowest BCUT2D eigenvalue weighted by Crippen LogP contribution is -2.23. The van der Waals surface area contributed by atoms with Crippen molar-refractivity contribution in [2.75, 3.05) is 11.5 Å². The molecule has 0 saturated heterocycles. The average Bonchev–Trinajstić information content (AvgIpc) is 2.22. The molecule has 0 aliphatic carbocycles. The molecular weight excluding hydrogens is 202 g/mol. The standard InChI is InChI=1S/C13H21NS/c1-3-15-9-8-13(14)10-12-6-4-11(2)5-7-12/h4-7,13H,3,8-10,14H2,1-2H3. The van der Waals surface area contributed by atoms with Crippen LogP contribution in [-0.4, -0.2) is 17.5 Å². The zero-order chi connectivity index (χ0) is 11.1. The van der Waals surface area contributed by atoms with Crippen molar-refractivity contribution >= 4 is 11.8 Å². The van der Waals surface area contributed by atoms with E-state index in [1.807, 2.05) is 11.8 Å². The highest BCUT2D eigenvalue weighted by molar-refractivity contribution is 7.99. The fourth-order valence-electron chi connectivity index (χ4n) is 1.51. The van der Waals surface area contributed by atoms with Gasteiger partial charge in [0.25, 0.3) is 0 Å². The molecule has 1 atom stereocenters. The molecule has 15 heavy (non-hydrogen) atoms. The van der Waals surface area contributed by atoms with Crippen LogP contribution in [0.5, 0.6) is 0 Å². The Morgan fingerprint density at radius 2 is 1.93 bits per heavy atom. The summed E-state index contributed by atoms with van der Waals surface area (Å²) in [5.74, 6) is 2.38. The maximum atomic E-state index is 6.07. The van der Waals surface area contributed by atoms with Crippen LogP contribution in [0.2, 0.25) is 0 Å². The van der Waals surface area contributed by atoms with Gasteiger partial charge in [-0.2, -0.15) is 11.8 Å². The number of rotatable bonds is 6. The van der Waals surface area contributed by atoms with Gasteiger partial charge in [-0.15, -0.1) is 0 Å². The van der Waals surface area contributed by atoms with Gasteiger partial charge in [-0.05, 0) is 36.8 Å². The van der Waals surface area contributed by atoms with Crippen LogP contribution in [-0.2, 0) is 6.42 Å². The van der Waals surface area contributed by atoms with Gasteiger partial charge in [0.05, 0.1) is 0 Å². The minimum Gasteiger partial charge on any atom is -0.327 e. The molecule has 0 aliphatic heterocycles. The molecule has 84 valence electrons. The third-order valence-electron chi connectivity index (χ3n) is 2.46. The third-order valence-corrected chi connectivity index (χ3v) is 3.39. The molecule has 0 radical (unpaired) electrons. The van der Waals surface area contributed by atoms with Gasteiger partial charge >= 0.3 is 0 Å². The lowest BCUT2D eigenvalue weighted by Gasteiger charge is -2.11. The van der Waals surface area contributed by atoms with Crippen molar-refractivity contribution in [3.8, 4) is 0 Å². The highest BCUT2D eigenvalue weighted by Gasteiger charge is 2.03. The first kappa shape index (κ1) is 12.6. The van der Waals surface area contributed by atoms with E-state index in [0.717, 1.165) is 12.8 Å². The van der Waals surface area contributed by atoms with E-state index in [0.29, 0.717) is 6.04 Å². The van der Waals surface area contributed by atoms with Crippen LogP contribution in [0.1, 0.15) is 24.5 Å². The van der Waals surface area contributed by atoms with Gasteiger partial charge in [0, 0.05) is 6.04 Å². The summed E-state index contributed by atoms with van der Waals surface area (Å²) >= 11 is 1.97. The summed E-state index contributed by atoms with van der Waals surface area (Å²) in [4.78, 5) is 0. The van der Waals surface area contributed by atoms with Gasteiger partial charge in [0.1, 0.15) is 0 Å². The molecule has 0 heterocycles. The molecule has 0 amide bonds. The Hall–Kier alpha value is -0.470. The van der Waals surface area contributed by atoms with Gasteiger partial charge in [-0.3, -0.25) is 0 Å². The Bertz CT molecular complexity index is 268. The highest BCUT2D eigenvalue weighted by Crippen LogP contribution is 2.09. The number of aryl methyl sites for hydroxylation is 1. The summed E-state index contributed by atoms with van der Waals surface area (Å²) in [7, 11) is 0. The summed E-state index contributed by atoms with van der Waals surface area (Å²) in [6, 6.07) is 8.99. The van der Waals surface area contributed by atoms with Crippen LogP contribution >= 0.6 is 11.8 Å². The van der Waals surface area contributed by atoms with Crippen LogP contribution < -0.4 is 5.73 Å². The quantitative estimate of drug-likeness (QED) is 0.750. The van der Waals surface area contributed by atoms with E-state index < -0.39 is 0 Å². The largest absolute Gasteiger partial charge is 0.327 e. The molecule has 0 aliphatic rings. The summed E-state index contributed by atoms with van der Waals surface area (Å²) in [5, 5.41) is 0. The minimum absolute atomic E-state index is 0.312. The number of benzene rings is 1. The van der Waals surface area contributed by atoms with Crippen LogP contribution in [0.25, 0.3) is 0 Å².